The number of unbranched alkanes of at least 4 members (excludes halogenated alkanes) is 2. The van der Waals surface area contributed by atoms with Crippen molar-refractivity contribution in [3.8, 4) is 0 Å². The molecule has 0 bridgehead atoms. The molecule has 0 heterocycles. The quantitative estimate of drug-likeness (QED) is 0.261. The van der Waals surface area contributed by atoms with E-state index < -0.39 is 5.97 Å². The summed E-state index contributed by atoms with van der Waals surface area (Å²) in [5.74, 6) is -0.878. The highest BCUT2D eigenvalue weighted by Gasteiger charge is 2.22. The Labute approximate surface area is 171 Å². The Balaban J connectivity index is 3.42. The van der Waals surface area contributed by atoms with Gasteiger partial charge in [-0.1, -0.05) is 40.5 Å². The van der Waals surface area contributed by atoms with Crippen molar-refractivity contribution in [2.45, 2.75) is 85.5 Å². The summed E-state index contributed by atoms with van der Waals surface area (Å²) >= 11 is 0. The molecule has 0 fully saturated rings. The largest absolute Gasteiger partial charge is 0.481 e. The van der Waals surface area contributed by atoms with Crippen LogP contribution in [-0.2, 0) is 23.8 Å². The molecule has 0 rings (SSSR count). The highest BCUT2D eigenvalue weighted by Crippen LogP contribution is 2.28. The standard InChI is InChI=1S/C22H42O6/c1-21(2,17-19(23)24)11-6-8-13-27-15-10-16-28-14-9-7-12-22(3,4)18-20(25)26-5/h6-18H2,1-5H3,(H,23,24). The number of carbonyl (C=O) groups is 2. The van der Waals surface area contributed by atoms with Gasteiger partial charge < -0.3 is 19.3 Å². The van der Waals surface area contributed by atoms with Crippen molar-refractivity contribution in [3.63, 3.8) is 0 Å². The van der Waals surface area contributed by atoms with Crippen molar-refractivity contribution in [2.24, 2.45) is 10.8 Å². The molecule has 6 heteroatoms. The Hall–Kier alpha value is -1.14. The summed E-state index contributed by atoms with van der Waals surface area (Å²) < 4.78 is 16.0. The van der Waals surface area contributed by atoms with Crippen LogP contribution in [0.1, 0.15) is 85.5 Å². The van der Waals surface area contributed by atoms with E-state index in [0.717, 1.165) is 58.2 Å². The Morgan fingerprint density at radius 1 is 0.714 bits per heavy atom. The number of carbonyl (C=O) groups excluding carboxylic acids is 1. The Bertz CT molecular complexity index is 431. The Morgan fingerprint density at radius 3 is 1.57 bits per heavy atom. The van der Waals surface area contributed by atoms with Crippen molar-refractivity contribution in [3.05, 3.63) is 0 Å². The number of hydrogen-bond donors (Lipinski definition) is 1. The minimum absolute atomic E-state index is 0.0240. The molecule has 0 saturated heterocycles. The number of rotatable bonds is 18. The molecule has 0 unspecified atom stereocenters. The van der Waals surface area contributed by atoms with Gasteiger partial charge in [0.2, 0.25) is 0 Å². The molecule has 1 N–H and O–H groups in total. The van der Waals surface area contributed by atoms with Gasteiger partial charge in [0.05, 0.1) is 20.0 Å². The summed E-state index contributed by atoms with van der Waals surface area (Å²) in [6, 6.07) is 0. The molecule has 166 valence electrons. The zero-order chi connectivity index (χ0) is 21.5. The van der Waals surface area contributed by atoms with Gasteiger partial charge in [-0.3, -0.25) is 9.59 Å². The number of hydrogen-bond acceptors (Lipinski definition) is 5. The highest BCUT2D eigenvalue weighted by atomic mass is 16.5. The molecule has 0 aliphatic carbocycles. The number of carboxylic acid groups (broad SMARTS) is 1. The molecule has 0 radical (unpaired) electrons. The van der Waals surface area contributed by atoms with E-state index >= 15 is 0 Å². The monoisotopic (exact) mass is 402 g/mol. The van der Waals surface area contributed by atoms with Crippen LogP contribution in [0, 0.1) is 10.8 Å². The Morgan fingerprint density at radius 2 is 1.14 bits per heavy atom. The number of ether oxygens (including phenoxy) is 3. The first-order valence-corrected chi connectivity index (χ1v) is 10.5. The lowest BCUT2D eigenvalue weighted by Crippen LogP contribution is -2.18. The smallest absolute Gasteiger partial charge is 0.306 e. The van der Waals surface area contributed by atoms with Crippen molar-refractivity contribution < 1.29 is 28.9 Å². The van der Waals surface area contributed by atoms with Crippen LogP contribution < -0.4 is 0 Å². The first kappa shape index (κ1) is 26.9. The molecule has 0 aliphatic rings. The van der Waals surface area contributed by atoms with Gasteiger partial charge in [-0.05, 0) is 42.9 Å². The van der Waals surface area contributed by atoms with Crippen molar-refractivity contribution >= 4 is 11.9 Å². The van der Waals surface area contributed by atoms with Crippen LogP contribution in [0.4, 0.5) is 0 Å². The molecule has 0 aromatic carbocycles. The Kier molecular flexibility index (Phi) is 14.2. The maximum absolute atomic E-state index is 11.3. The van der Waals surface area contributed by atoms with E-state index in [2.05, 4.69) is 13.8 Å². The molecular weight excluding hydrogens is 360 g/mol. The number of methoxy groups -OCH3 is 1. The third kappa shape index (κ3) is 17.0. The summed E-state index contributed by atoms with van der Waals surface area (Å²) in [6.07, 6.45) is 7.44. The van der Waals surface area contributed by atoms with Crippen LogP contribution in [0.2, 0.25) is 0 Å². The summed E-state index contributed by atoms with van der Waals surface area (Å²) in [5, 5.41) is 8.86. The van der Waals surface area contributed by atoms with Crippen LogP contribution in [-0.4, -0.2) is 50.6 Å². The molecule has 0 atom stereocenters. The van der Waals surface area contributed by atoms with Crippen LogP contribution in [0.15, 0.2) is 0 Å². The topological polar surface area (TPSA) is 82.1 Å². The zero-order valence-electron chi connectivity index (χ0n) is 18.7. The fourth-order valence-corrected chi connectivity index (χ4v) is 3.13. The van der Waals surface area contributed by atoms with E-state index in [-0.39, 0.29) is 23.2 Å². The van der Waals surface area contributed by atoms with Crippen molar-refractivity contribution in [1.82, 2.24) is 0 Å². The van der Waals surface area contributed by atoms with Gasteiger partial charge in [-0.2, -0.15) is 0 Å². The number of aliphatic carboxylic acids is 1. The fourth-order valence-electron chi connectivity index (χ4n) is 3.13. The van der Waals surface area contributed by atoms with Gasteiger partial charge in [0, 0.05) is 26.4 Å². The van der Waals surface area contributed by atoms with Crippen LogP contribution >= 0.6 is 0 Å². The lowest BCUT2D eigenvalue weighted by atomic mass is 9.84. The minimum atomic E-state index is -0.730. The van der Waals surface area contributed by atoms with Crippen molar-refractivity contribution in [2.75, 3.05) is 33.5 Å². The fraction of sp³-hybridized carbons (Fsp3) is 0.909. The summed E-state index contributed by atoms with van der Waals surface area (Å²) in [4.78, 5) is 22.1. The van der Waals surface area contributed by atoms with E-state index in [4.69, 9.17) is 19.3 Å². The normalized spacial score (nSPS) is 12.2. The van der Waals surface area contributed by atoms with Crippen molar-refractivity contribution in [1.29, 1.82) is 0 Å². The van der Waals surface area contributed by atoms with Crippen LogP contribution in [0.3, 0.4) is 0 Å². The van der Waals surface area contributed by atoms with E-state index in [0.29, 0.717) is 19.6 Å². The lowest BCUT2D eigenvalue weighted by Gasteiger charge is -2.22. The molecule has 0 aromatic heterocycles. The maximum atomic E-state index is 11.3. The van der Waals surface area contributed by atoms with Gasteiger partial charge in [-0.15, -0.1) is 0 Å². The van der Waals surface area contributed by atoms with Gasteiger partial charge in [0.15, 0.2) is 0 Å². The highest BCUT2D eigenvalue weighted by molar-refractivity contribution is 5.69. The van der Waals surface area contributed by atoms with Gasteiger partial charge in [-0.25, -0.2) is 0 Å². The number of esters is 1. The second kappa shape index (κ2) is 14.8. The van der Waals surface area contributed by atoms with Crippen LogP contribution in [0.5, 0.6) is 0 Å². The minimum Gasteiger partial charge on any atom is -0.481 e. The molecule has 0 amide bonds. The third-order valence-electron chi connectivity index (χ3n) is 4.84. The van der Waals surface area contributed by atoms with Gasteiger partial charge in [0.25, 0.3) is 0 Å². The molecule has 0 spiro atoms. The van der Waals surface area contributed by atoms with E-state index in [1.807, 2.05) is 13.8 Å². The molecule has 28 heavy (non-hydrogen) atoms. The van der Waals surface area contributed by atoms with E-state index in [1.165, 1.54) is 7.11 Å². The zero-order valence-corrected chi connectivity index (χ0v) is 18.7. The van der Waals surface area contributed by atoms with E-state index in [9.17, 15) is 9.59 Å². The maximum Gasteiger partial charge on any atom is 0.306 e. The number of carboxylic acids is 1. The average molecular weight is 403 g/mol. The molecule has 6 nitrogen and oxygen atoms in total. The predicted molar refractivity (Wildman–Crippen MR) is 110 cm³/mol. The first-order valence-electron chi connectivity index (χ1n) is 10.5. The average Bonchev–Trinajstić information content (AvgIpc) is 2.57. The summed E-state index contributed by atoms with van der Waals surface area (Å²) in [7, 11) is 1.43. The van der Waals surface area contributed by atoms with Gasteiger partial charge >= 0.3 is 11.9 Å². The first-order chi connectivity index (χ1) is 13.1. The summed E-state index contributed by atoms with van der Waals surface area (Å²) in [6.45, 7) is 11.1. The van der Waals surface area contributed by atoms with E-state index in [1.54, 1.807) is 0 Å². The SMILES string of the molecule is COC(=O)CC(C)(C)CCCCOCCCOCCCCC(C)(C)CC(=O)O. The van der Waals surface area contributed by atoms with Crippen LogP contribution in [0.25, 0.3) is 0 Å². The predicted octanol–water partition coefficient (Wildman–Crippen LogP) is 4.84. The van der Waals surface area contributed by atoms with Gasteiger partial charge in [0.1, 0.15) is 0 Å². The third-order valence-corrected chi connectivity index (χ3v) is 4.84. The molecule has 0 saturated carbocycles. The molecule has 0 aliphatic heterocycles. The lowest BCUT2D eigenvalue weighted by molar-refractivity contribution is -0.143. The molecular formula is C22H42O6. The second-order valence-electron chi connectivity index (χ2n) is 9.14. The summed E-state index contributed by atoms with van der Waals surface area (Å²) in [5.41, 5.74) is -0.169. The molecule has 0 aromatic rings. The second-order valence-corrected chi connectivity index (χ2v) is 9.14.